The molecule has 1 aliphatic carbocycles. The molecule has 29 heavy (non-hydrogen) atoms. The van der Waals surface area contributed by atoms with Gasteiger partial charge in [-0.25, -0.2) is 9.37 Å². The molecule has 0 spiro atoms. The van der Waals surface area contributed by atoms with Crippen LogP contribution in [-0.4, -0.2) is 32.9 Å². The zero-order chi connectivity index (χ0) is 20.4. The summed E-state index contributed by atoms with van der Waals surface area (Å²) >= 11 is 0. The maximum absolute atomic E-state index is 14.6. The second-order valence-corrected chi connectivity index (χ2v) is 7.17. The maximum atomic E-state index is 14.6. The lowest BCUT2D eigenvalue weighted by Crippen LogP contribution is -2.43. The van der Waals surface area contributed by atoms with Crippen molar-refractivity contribution in [2.24, 2.45) is 11.5 Å². The third-order valence-electron chi connectivity index (χ3n) is 5.10. The Morgan fingerprint density at radius 3 is 2.76 bits per heavy atom. The van der Waals surface area contributed by atoms with Gasteiger partial charge in [-0.1, -0.05) is 12.8 Å². The predicted molar refractivity (Wildman–Crippen MR) is 109 cm³/mol. The van der Waals surface area contributed by atoms with Crippen molar-refractivity contribution in [3.63, 3.8) is 0 Å². The standard InChI is InChI=1S/C20H22FN7O/c21-13-9-12(18(23)29)19(28-20(13)27-15-5-2-1-4-14(15)22)26-11-8-17-16(25-10-11)6-3-7-24-17/h3,6-10,14-15H,1-2,4-5,22H2,(H2,23,29)(H2,26,27,28). The van der Waals surface area contributed by atoms with Gasteiger partial charge in [-0.2, -0.15) is 0 Å². The SMILES string of the molecule is NC(=O)c1cc(F)c(NC2CCCCC2N)nc1Nc1cnc2cccnc2c1. The average molecular weight is 395 g/mol. The number of carbonyl (C=O) groups is 1. The van der Waals surface area contributed by atoms with E-state index in [2.05, 4.69) is 25.6 Å². The van der Waals surface area contributed by atoms with Gasteiger partial charge in [0.15, 0.2) is 11.6 Å². The average Bonchev–Trinajstić information content (AvgIpc) is 2.71. The van der Waals surface area contributed by atoms with Gasteiger partial charge in [-0.15, -0.1) is 0 Å². The monoisotopic (exact) mass is 395 g/mol. The summed E-state index contributed by atoms with van der Waals surface area (Å²) in [7, 11) is 0. The summed E-state index contributed by atoms with van der Waals surface area (Å²) in [5, 5.41) is 6.10. The fourth-order valence-corrected chi connectivity index (χ4v) is 3.55. The second kappa shape index (κ2) is 7.96. The van der Waals surface area contributed by atoms with Gasteiger partial charge in [0, 0.05) is 18.3 Å². The minimum atomic E-state index is -0.785. The first-order valence-electron chi connectivity index (χ1n) is 9.51. The van der Waals surface area contributed by atoms with Gasteiger partial charge in [-0.05, 0) is 37.1 Å². The van der Waals surface area contributed by atoms with E-state index in [0.717, 1.165) is 37.3 Å². The van der Waals surface area contributed by atoms with Gasteiger partial charge in [0.25, 0.3) is 5.91 Å². The van der Waals surface area contributed by atoms with Crippen LogP contribution in [0.15, 0.2) is 36.7 Å². The van der Waals surface area contributed by atoms with Gasteiger partial charge >= 0.3 is 0 Å². The molecule has 0 radical (unpaired) electrons. The van der Waals surface area contributed by atoms with Gasteiger partial charge in [0.05, 0.1) is 28.5 Å². The number of fused-ring (bicyclic) bond motifs is 1. The molecule has 0 bridgehead atoms. The van der Waals surface area contributed by atoms with E-state index in [1.807, 2.05) is 6.07 Å². The van der Waals surface area contributed by atoms with E-state index < -0.39 is 11.7 Å². The van der Waals surface area contributed by atoms with Crippen molar-refractivity contribution < 1.29 is 9.18 Å². The van der Waals surface area contributed by atoms with E-state index in [-0.39, 0.29) is 29.3 Å². The van der Waals surface area contributed by atoms with Crippen LogP contribution in [0.4, 0.5) is 21.7 Å². The topological polar surface area (TPSA) is 132 Å². The third-order valence-corrected chi connectivity index (χ3v) is 5.10. The number of anilines is 3. The molecule has 3 heterocycles. The molecular weight excluding hydrogens is 373 g/mol. The highest BCUT2D eigenvalue weighted by Crippen LogP contribution is 2.27. The summed E-state index contributed by atoms with van der Waals surface area (Å²) < 4.78 is 14.6. The van der Waals surface area contributed by atoms with Crippen LogP contribution in [0.25, 0.3) is 11.0 Å². The summed E-state index contributed by atoms with van der Waals surface area (Å²) in [6.45, 7) is 0. The van der Waals surface area contributed by atoms with Crippen LogP contribution in [0.2, 0.25) is 0 Å². The van der Waals surface area contributed by atoms with Crippen molar-refractivity contribution in [3.8, 4) is 0 Å². The smallest absolute Gasteiger partial charge is 0.252 e. The maximum Gasteiger partial charge on any atom is 0.252 e. The van der Waals surface area contributed by atoms with Gasteiger partial charge in [0.2, 0.25) is 0 Å². The first-order chi connectivity index (χ1) is 14.0. The number of rotatable bonds is 5. The van der Waals surface area contributed by atoms with Crippen LogP contribution in [0.3, 0.4) is 0 Å². The number of hydrogen-bond donors (Lipinski definition) is 4. The largest absolute Gasteiger partial charge is 0.365 e. The molecule has 0 aromatic carbocycles. The number of primary amides is 1. The molecule has 8 nitrogen and oxygen atoms in total. The third kappa shape index (κ3) is 4.09. The number of amides is 1. The summed E-state index contributed by atoms with van der Waals surface area (Å²) in [5.41, 5.74) is 13.5. The number of nitrogens with two attached hydrogens (primary N) is 2. The van der Waals surface area contributed by atoms with E-state index in [0.29, 0.717) is 11.2 Å². The predicted octanol–water partition coefficient (Wildman–Crippen LogP) is 2.69. The molecule has 0 saturated heterocycles. The fraction of sp³-hybridized carbons (Fsp3) is 0.300. The lowest BCUT2D eigenvalue weighted by atomic mass is 9.91. The summed E-state index contributed by atoms with van der Waals surface area (Å²) in [4.78, 5) is 24.7. The molecule has 3 aromatic rings. The molecule has 150 valence electrons. The zero-order valence-corrected chi connectivity index (χ0v) is 15.7. The highest BCUT2D eigenvalue weighted by Gasteiger charge is 2.24. The number of aromatic nitrogens is 3. The molecule has 0 aliphatic heterocycles. The van der Waals surface area contributed by atoms with Crippen molar-refractivity contribution >= 4 is 34.3 Å². The normalized spacial score (nSPS) is 19.1. The van der Waals surface area contributed by atoms with Crippen molar-refractivity contribution in [1.82, 2.24) is 15.0 Å². The Kier molecular flexibility index (Phi) is 5.22. The van der Waals surface area contributed by atoms with Crippen molar-refractivity contribution in [2.75, 3.05) is 10.6 Å². The van der Waals surface area contributed by atoms with Crippen molar-refractivity contribution in [2.45, 2.75) is 37.8 Å². The van der Waals surface area contributed by atoms with Crippen LogP contribution in [-0.2, 0) is 0 Å². The molecule has 1 saturated carbocycles. The Labute approximate surface area is 166 Å². The summed E-state index contributed by atoms with van der Waals surface area (Å²) in [6.07, 6.45) is 7.04. The zero-order valence-electron chi connectivity index (χ0n) is 15.7. The fourth-order valence-electron chi connectivity index (χ4n) is 3.55. The Morgan fingerprint density at radius 1 is 1.14 bits per heavy atom. The van der Waals surface area contributed by atoms with Crippen LogP contribution >= 0.6 is 0 Å². The summed E-state index contributed by atoms with van der Waals surface area (Å²) in [5.74, 6) is -1.26. The summed E-state index contributed by atoms with van der Waals surface area (Å²) in [6, 6.07) is 6.33. The lowest BCUT2D eigenvalue weighted by molar-refractivity contribution is 0.100. The molecule has 1 fully saturated rings. The second-order valence-electron chi connectivity index (χ2n) is 7.17. The number of halogens is 1. The first kappa shape index (κ1) is 19.0. The van der Waals surface area contributed by atoms with Crippen LogP contribution in [0.1, 0.15) is 36.0 Å². The number of nitrogens with one attached hydrogen (secondary N) is 2. The molecule has 2 unspecified atom stereocenters. The molecular formula is C20H22FN7O. The van der Waals surface area contributed by atoms with Crippen molar-refractivity contribution in [3.05, 3.63) is 48.0 Å². The van der Waals surface area contributed by atoms with E-state index in [9.17, 15) is 9.18 Å². The van der Waals surface area contributed by atoms with E-state index in [4.69, 9.17) is 11.5 Å². The van der Waals surface area contributed by atoms with E-state index in [1.165, 1.54) is 0 Å². The first-order valence-corrected chi connectivity index (χ1v) is 9.51. The Morgan fingerprint density at radius 2 is 1.97 bits per heavy atom. The van der Waals surface area contributed by atoms with Gasteiger partial charge in [-0.3, -0.25) is 14.8 Å². The van der Waals surface area contributed by atoms with Crippen molar-refractivity contribution in [1.29, 1.82) is 0 Å². The van der Waals surface area contributed by atoms with Crippen LogP contribution < -0.4 is 22.1 Å². The lowest BCUT2D eigenvalue weighted by Gasteiger charge is -2.30. The minimum absolute atomic E-state index is 0.0340. The molecule has 4 rings (SSSR count). The molecule has 9 heteroatoms. The molecule has 1 amide bonds. The Balaban J connectivity index is 1.67. The number of hydrogen-bond acceptors (Lipinski definition) is 7. The number of nitrogens with zero attached hydrogens (tertiary/aromatic N) is 3. The van der Waals surface area contributed by atoms with Crippen LogP contribution in [0.5, 0.6) is 0 Å². The van der Waals surface area contributed by atoms with E-state index in [1.54, 1.807) is 24.5 Å². The van der Waals surface area contributed by atoms with Crippen LogP contribution in [0, 0.1) is 5.82 Å². The molecule has 1 aliphatic rings. The molecule has 2 atom stereocenters. The Hall–Kier alpha value is -3.33. The van der Waals surface area contributed by atoms with Gasteiger partial charge in [0.1, 0.15) is 5.82 Å². The molecule has 6 N–H and O–H groups in total. The highest BCUT2D eigenvalue weighted by molar-refractivity contribution is 5.98. The Bertz CT molecular complexity index is 1060. The minimum Gasteiger partial charge on any atom is -0.365 e. The van der Waals surface area contributed by atoms with E-state index >= 15 is 0 Å². The quantitative estimate of drug-likeness (QED) is 0.522. The highest BCUT2D eigenvalue weighted by atomic mass is 19.1. The number of pyridine rings is 3. The number of carbonyl (C=O) groups excluding carboxylic acids is 1. The molecule has 3 aromatic heterocycles. The van der Waals surface area contributed by atoms with Gasteiger partial charge < -0.3 is 22.1 Å².